The zero-order valence-electron chi connectivity index (χ0n) is 10.8. The summed E-state index contributed by atoms with van der Waals surface area (Å²) in [7, 11) is 0. The van der Waals surface area contributed by atoms with E-state index in [1.807, 2.05) is 0 Å². The van der Waals surface area contributed by atoms with Crippen molar-refractivity contribution in [1.82, 2.24) is 5.32 Å². The molecule has 3 N–H and O–H groups in total. The molecule has 2 unspecified atom stereocenters. The van der Waals surface area contributed by atoms with Gasteiger partial charge in [0.05, 0.1) is 0 Å². The summed E-state index contributed by atoms with van der Waals surface area (Å²) in [5.41, 5.74) is 6.31. The summed E-state index contributed by atoms with van der Waals surface area (Å²) in [5, 5.41) is 3.80. The molecule has 94 valence electrons. The zero-order chi connectivity index (χ0) is 11.4. The number of nitrogens with one attached hydrogen (secondary N) is 1. The van der Waals surface area contributed by atoms with E-state index in [-0.39, 0.29) is 5.54 Å². The quantitative estimate of drug-likeness (QED) is 0.728. The zero-order valence-corrected chi connectivity index (χ0v) is 10.8. The summed E-state index contributed by atoms with van der Waals surface area (Å²) < 4.78 is 0. The number of hydrogen-bond acceptors (Lipinski definition) is 2. The molecule has 2 heteroatoms. The van der Waals surface area contributed by atoms with Crippen LogP contribution in [0.25, 0.3) is 0 Å². The van der Waals surface area contributed by atoms with E-state index >= 15 is 0 Å². The molecule has 0 amide bonds. The molecule has 2 rings (SSSR count). The van der Waals surface area contributed by atoms with Gasteiger partial charge in [-0.2, -0.15) is 0 Å². The first-order chi connectivity index (χ1) is 7.78. The van der Waals surface area contributed by atoms with Gasteiger partial charge in [0.25, 0.3) is 0 Å². The minimum absolute atomic E-state index is 0.286. The fraction of sp³-hybridized carbons (Fsp3) is 1.00. The molecule has 2 saturated carbocycles. The van der Waals surface area contributed by atoms with Crippen LogP contribution in [0.1, 0.15) is 58.3 Å². The summed E-state index contributed by atoms with van der Waals surface area (Å²) in [5.74, 6) is 1.94. The van der Waals surface area contributed by atoms with E-state index in [1.54, 1.807) is 0 Å². The second-order valence-corrected chi connectivity index (χ2v) is 6.01. The molecule has 2 nitrogen and oxygen atoms in total. The van der Waals surface area contributed by atoms with E-state index in [2.05, 4.69) is 12.2 Å². The Kier molecular flexibility index (Phi) is 4.26. The lowest BCUT2D eigenvalue weighted by atomic mass is 9.74. The predicted molar refractivity (Wildman–Crippen MR) is 69.4 cm³/mol. The normalized spacial score (nSPS) is 35.2. The Hall–Kier alpha value is -0.0800. The molecule has 0 aromatic rings. The Bertz CT molecular complexity index is 213. The molecule has 2 fully saturated rings. The van der Waals surface area contributed by atoms with E-state index in [4.69, 9.17) is 5.73 Å². The van der Waals surface area contributed by atoms with Crippen LogP contribution in [0.15, 0.2) is 0 Å². The molecule has 0 bridgehead atoms. The van der Waals surface area contributed by atoms with Gasteiger partial charge in [-0.15, -0.1) is 0 Å². The monoisotopic (exact) mass is 224 g/mol. The molecular formula is C14H28N2. The van der Waals surface area contributed by atoms with E-state index < -0.39 is 0 Å². The van der Waals surface area contributed by atoms with Gasteiger partial charge in [-0.25, -0.2) is 0 Å². The van der Waals surface area contributed by atoms with Gasteiger partial charge < -0.3 is 11.1 Å². The lowest BCUT2D eigenvalue weighted by Gasteiger charge is -2.41. The van der Waals surface area contributed by atoms with Crippen molar-refractivity contribution in [3.05, 3.63) is 0 Å². The highest BCUT2D eigenvalue weighted by molar-refractivity contribution is 4.94. The SMILES string of the molecule is CCC1CCCC(CN)(NCCC2CC2)C1. The third-order valence-corrected chi connectivity index (χ3v) is 4.66. The van der Waals surface area contributed by atoms with Crippen molar-refractivity contribution in [2.24, 2.45) is 17.6 Å². The van der Waals surface area contributed by atoms with Crippen molar-refractivity contribution in [3.63, 3.8) is 0 Å². The molecule has 0 radical (unpaired) electrons. The molecule has 0 aromatic heterocycles. The molecule has 0 saturated heterocycles. The minimum atomic E-state index is 0.286. The molecule has 16 heavy (non-hydrogen) atoms. The second kappa shape index (κ2) is 5.50. The maximum absolute atomic E-state index is 6.03. The van der Waals surface area contributed by atoms with Gasteiger partial charge >= 0.3 is 0 Å². The van der Waals surface area contributed by atoms with Crippen LogP contribution in [0.4, 0.5) is 0 Å². The summed E-state index contributed by atoms with van der Waals surface area (Å²) in [6.07, 6.45) is 11.0. The van der Waals surface area contributed by atoms with Gasteiger partial charge in [-0.3, -0.25) is 0 Å². The highest BCUT2D eigenvalue weighted by atomic mass is 15.0. The van der Waals surface area contributed by atoms with Gasteiger partial charge in [0.1, 0.15) is 0 Å². The summed E-state index contributed by atoms with van der Waals surface area (Å²) in [4.78, 5) is 0. The number of nitrogens with two attached hydrogens (primary N) is 1. The topological polar surface area (TPSA) is 38.0 Å². The third-order valence-electron chi connectivity index (χ3n) is 4.66. The van der Waals surface area contributed by atoms with Crippen molar-refractivity contribution in [3.8, 4) is 0 Å². The lowest BCUT2D eigenvalue weighted by Crippen LogP contribution is -2.54. The van der Waals surface area contributed by atoms with Gasteiger partial charge in [-0.1, -0.05) is 39.0 Å². The Balaban J connectivity index is 1.78. The summed E-state index contributed by atoms with van der Waals surface area (Å²) in [6, 6.07) is 0. The van der Waals surface area contributed by atoms with Crippen LogP contribution in [0, 0.1) is 11.8 Å². The van der Waals surface area contributed by atoms with Crippen molar-refractivity contribution >= 4 is 0 Å². The van der Waals surface area contributed by atoms with Crippen molar-refractivity contribution in [1.29, 1.82) is 0 Å². The molecule has 0 aliphatic heterocycles. The number of rotatable bonds is 6. The van der Waals surface area contributed by atoms with Crippen LogP contribution in [0.3, 0.4) is 0 Å². The average molecular weight is 224 g/mol. The van der Waals surface area contributed by atoms with Crippen LogP contribution in [-0.4, -0.2) is 18.6 Å². The van der Waals surface area contributed by atoms with Gasteiger partial charge in [0.15, 0.2) is 0 Å². The van der Waals surface area contributed by atoms with Crippen molar-refractivity contribution < 1.29 is 0 Å². The Morgan fingerprint density at radius 3 is 2.69 bits per heavy atom. The second-order valence-electron chi connectivity index (χ2n) is 6.01. The largest absolute Gasteiger partial charge is 0.329 e. The maximum Gasteiger partial charge on any atom is 0.0306 e. The van der Waals surface area contributed by atoms with Gasteiger partial charge in [0, 0.05) is 12.1 Å². The maximum atomic E-state index is 6.03. The van der Waals surface area contributed by atoms with Crippen molar-refractivity contribution in [2.75, 3.05) is 13.1 Å². The van der Waals surface area contributed by atoms with Gasteiger partial charge in [0.2, 0.25) is 0 Å². The first-order valence-corrected chi connectivity index (χ1v) is 7.23. The molecule has 2 aliphatic carbocycles. The smallest absolute Gasteiger partial charge is 0.0306 e. The fourth-order valence-electron chi connectivity index (χ4n) is 3.20. The summed E-state index contributed by atoms with van der Waals surface area (Å²) >= 11 is 0. The lowest BCUT2D eigenvalue weighted by molar-refractivity contribution is 0.180. The van der Waals surface area contributed by atoms with Crippen molar-refractivity contribution in [2.45, 2.75) is 63.8 Å². The minimum Gasteiger partial charge on any atom is -0.329 e. The van der Waals surface area contributed by atoms with E-state index in [1.165, 1.54) is 57.9 Å². The van der Waals surface area contributed by atoms with E-state index in [0.29, 0.717) is 0 Å². The van der Waals surface area contributed by atoms with E-state index in [9.17, 15) is 0 Å². The molecule has 0 heterocycles. The Morgan fingerprint density at radius 1 is 1.25 bits per heavy atom. The molecule has 2 atom stereocenters. The molecule has 2 aliphatic rings. The molecule has 0 aromatic carbocycles. The summed E-state index contributed by atoms with van der Waals surface area (Å²) in [6.45, 7) is 4.34. The van der Waals surface area contributed by atoms with Crippen LogP contribution in [-0.2, 0) is 0 Å². The highest BCUT2D eigenvalue weighted by Crippen LogP contribution is 2.35. The predicted octanol–water partition coefficient (Wildman–Crippen LogP) is 2.67. The standard InChI is InChI=1S/C14H28N2/c1-2-12-4-3-8-14(10-12,11-15)16-9-7-13-5-6-13/h12-13,16H,2-11,15H2,1H3. The Morgan fingerprint density at radius 2 is 2.06 bits per heavy atom. The Labute approximate surface area is 100 Å². The third kappa shape index (κ3) is 3.21. The van der Waals surface area contributed by atoms with Crippen LogP contribution >= 0.6 is 0 Å². The van der Waals surface area contributed by atoms with E-state index in [0.717, 1.165) is 18.4 Å². The van der Waals surface area contributed by atoms with Gasteiger partial charge in [-0.05, 0) is 37.6 Å². The first-order valence-electron chi connectivity index (χ1n) is 7.23. The number of hydrogen-bond donors (Lipinski definition) is 2. The molecular weight excluding hydrogens is 196 g/mol. The highest BCUT2D eigenvalue weighted by Gasteiger charge is 2.34. The fourth-order valence-corrected chi connectivity index (χ4v) is 3.20. The van der Waals surface area contributed by atoms with Crippen LogP contribution < -0.4 is 11.1 Å². The van der Waals surface area contributed by atoms with Crippen LogP contribution in [0.5, 0.6) is 0 Å². The van der Waals surface area contributed by atoms with Crippen LogP contribution in [0.2, 0.25) is 0 Å². The molecule has 0 spiro atoms. The average Bonchev–Trinajstić information content (AvgIpc) is 3.13. The first kappa shape index (κ1) is 12.4.